The van der Waals surface area contributed by atoms with Crippen molar-refractivity contribution in [1.29, 1.82) is 0 Å². The maximum Gasteiger partial charge on any atom is 0.416 e. The average Bonchev–Trinajstić information content (AvgIpc) is 2.73. The third-order valence-corrected chi connectivity index (χ3v) is 3.59. The summed E-state index contributed by atoms with van der Waals surface area (Å²) in [6, 6.07) is 3.76. The second kappa shape index (κ2) is 2.87. The number of hydrogen-bond donors (Lipinski definition) is 0. The summed E-state index contributed by atoms with van der Waals surface area (Å²) >= 11 is 0. The summed E-state index contributed by atoms with van der Waals surface area (Å²) in [7, 11) is 0. The third-order valence-electron chi connectivity index (χ3n) is 3.59. The minimum Gasteiger partial charge on any atom is -0.299 e. The van der Waals surface area contributed by atoms with Gasteiger partial charge in [-0.25, -0.2) is 0 Å². The van der Waals surface area contributed by atoms with Crippen molar-refractivity contribution < 1.29 is 18.0 Å². The van der Waals surface area contributed by atoms with Crippen LogP contribution in [0.2, 0.25) is 0 Å². The molecule has 2 aliphatic rings. The number of ketones is 1. The summed E-state index contributed by atoms with van der Waals surface area (Å²) in [6.07, 6.45) is -3.17. The van der Waals surface area contributed by atoms with Gasteiger partial charge in [0.1, 0.15) is 5.78 Å². The first-order valence-corrected chi connectivity index (χ1v) is 5.20. The van der Waals surface area contributed by atoms with Gasteiger partial charge in [0.05, 0.1) is 5.56 Å². The van der Waals surface area contributed by atoms with E-state index >= 15 is 0 Å². The van der Waals surface area contributed by atoms with Crippen LogP contribution in [0.25, 0.3) is 0 Å². The summed E-state index contributed by atoms with van der Waals surface area (Å²) in [4.78, 5) is 11.5. The number of alkyl halides is 3. The first-order chi connectivity index (χ1) is 7.47. The van der Waals surface area contributed by atoms with E-state index < -0.39 is 11.7 Å². The lowest BCUT2D eigenvalue weighted by molar-refractivity contribution is -0.137. The van der Waals surface area contributed by atoms with Crippen LogP contribution in [0.5, 0.6) is 0 Å². The highest BCUT2D eigenvalue weighted by atomic mass is 19.4. The van der Waals surface area contributed by atoms with Crippen LogP contribution >= 0.6 is 0 Å². The molecule has 3 rings (SSSR count). The molecule has 1 fully saturated rings. The molecule has 4 heteroatoms. The quantitative estimate of drug-likeness (QED) is 0.663. The lowest BCUT2D eigenvalue weighted by Gasteiger charge is -2.16. The highest BCUT2D eigenvalue weighted by molar-refractivity contribution is 5.92. The largest absolute Gasteiger partial charge is 0.416 e. The van der Waals surface area contributed by atoms with Crippen LogP contribution in [0.15, 0.2) is 18.2 Å². The maximum absolute atomic E-state index is 12.5. The smallest absolute Gasteiger partial charge is 0.299 e. The SMILES string of the molecule is O=C1CC2CC1c1ccc(C(F)(F)F)cc12. The molecular formula is C12H9F3O. The average molecular weight is 226 g/mol. The predicted octanol–water partition coefficient (Wildman–Crippen LogP) is 3.25. The molecule has 0 radical (unpaired) electrons. The summed E-state index contributed by atoms with van der Waals surface area (Å²) < 4.78 is 37.5. The van der Waals surface area contributed by atoms with E-state index in [1.807, 2.05) is 0 Å². The van der Waals surface area contributed by atoms with E-state index in [4.69, 9.17) is 0 Å². The second-order valence-corrected chi connectivity index (χ2v) is 4.50. The first kappa shape index (κ1) is 9.87. The van der Waals surface area contributed by atoms with Crippen LogP contribution in [-0.4, -0.2) is 5.78 Å². The number of carbonyl (C=O) groups excluding carboxylic acids is 1. The predicted molar refractivity (Wildman–Crippen MR) is 51.2 cm³/mol. The van der Waals surface area contributed by atoms with E-state index in [9.17, 15) is 18.0 Å². The van der Waals surface area contributed by atoms with Gasteiger partial charge in [-0.2, -0.15) is 13.2 Å². The minimum absolute atomic E-state index is 0.0230. The summed E-state index contributed by atoms with van der Waals surface area (Å²) in [5.74, 6) is 0.0642. The van der Waals surface area contributed by atoms with Gasteiger partial charge >= 0.3 is 6.18 Å². The van der Waals surface area contributed by atoms with Gasteiger partial charge in [0, 0.05) is 12.3 Å². The molecule has 1 aromatic rings. The van der Waals surface area contributed by atoms with Gasteiger partial charge in [0.2, 0.25) is 0 Å². The monoisotopic (exact) mass is 226 g/mol. The van der Waals surface area contributed by atoms with Crippen molar-refractivity contribution in [2.45, 2.75) is 30.9 Å². The first-order valence-electron chi connectivity index (χ1n) is 5.20. The summed E-state index contributed by atoms with van der Waals surface area (Å²) in [6.45, 7) is 0. The molecular weight excluding hydrogens is 217 g/mol. The lowest BCUT2D eigenvalue weighted by atomic mass is 9.89. The minimum atomic E-state index is -4.29. The lowest BCUT2D eigenvalue weighted by Crippen LogP contribution is -2.12. The highest BCUT2D eigenvalue weighted by Gasteiger charge is 2.44. The Morgan fingerprint density at radius 2 is 1.94 bits per heavy atom. The van der Waals surface area contributed by atoms with Gasteiger partial charge in [0.15, 0.2) is 0 Å². The normalized spacial score (nSPS) is 27.3. The van der Waals surface area contributed by atoms with Crippen LogP contribution in [-0.2, 0) is 11.0 Å². The molecule has 2 bridgehead atoms. The number of hydrogen-bond acceptors (Lipinski definition) is 1. The van der Waals surface area contributed by atoms with Gasteiger partial charge < -0.3 is 0 Å². The van der Waals surface area contributed by atoms with Crippen molar-refractivity contribution >= 4 is 5.78 Å². The molecule has 2 unspecified atom stereocenters. The number of benzene rings is 1. The molecule has 16 heavy (non-hydrogen) atoms. The van der Waals surface area contributed by atoms with Crippen molar-refractivity contribution in [2.24, 2.45) is 0 Å². The van der Waals surface area contributed by atoms with Crippen molar-refractivity contribution in [3.8, 4) is 0 Å². The summed E-state index contributed by atoms with van der Waals surface area (Å²) in [5.41, 5.74) is 0.944. The van der Waals surface area contributed by atoms with Gasteiger partial charge in [-0.15, -0.1) is 0 Å². The molecule has 1 nitrogen and oxygen atoms in total. The van der Waals surface area contributed by atoms with Crippen molar-refractivity contribution in [3.05, 3.63) is 34.9 Å². The highest BCUT2D eigenvalue weighted by Crippen LogP contribution is 2.51. The Morgan fingerprint density at radius 1 is 1.19 bits per heavy atom. The molecule has 1 aromatic carbocycles. The van der Waals surface area contributed by atoms with Crippen LogP contribution in [0, 0.1) is 0 Å². The zero-order valence-electron chi connectivity index (χ0n) is 8.34. The van der Waals surface area contributed by atoms with Crippen LogP contribution < -0.4 is 0 Å². The molecule has 0 saturated heterocycles. The molecule has 2 aliphatic carbocycles. The van der Waals surface area contributed by atoms with E-state index in [-0.39, 0.29) is 17.6 Å². The van der Waals surface area contributed by atoms with Gasteiger partial charge in [-0.1, -0.05) is 6.07 Å². The number of carbonyl (C=O) groups is 1. The fourth-order valence-electron chi connectivity index (χ4n) is 2.84. The van der Waals surface area contributed by atoms with E-state index in [1.165, 1.54) is 12.1 Å². The van der Waals surface area contributed by atoms with Gasteiger partial charge in [-0.05, 0) is 35.6 Å². The Balaban J connectivity index is 2.10. The van der Waals surface area contributed by atoms with Crippen molar-refractivity contribution in [3.63, 3.8) is 0 Å². The van der Waals surface area contributed by atoms with Crippen molar-refractivity contribution in [2.75, 3.05) is 0 Å². The molecule has 1 saturated carbocycles. The number of Topliss-reactive ketones (excluding diaryl/α,β-unsaturated/α-hetero) is 1. The Morgan fingerprint density at radius 3 is 2.62 bits per heavy atom. The maximum atomic E-state index is 12.5. The van der Waals surface area contributed by atoms with E-state index in [0.717, 1.165) is 17.2 Å². The molecule has 0 spiro atoms. The van der Waals surface area contributed by atoms with Crippen LogP contribution in [0.3, 0.4) is 0 Å². The molecule has 0 aromatic heterocycles. The molecule has 0 amide bonds. The fourth-order valence-corrected chi connectivity index (χ4v) is 2.84. The van der Waals surface area contributed by atoms with Crippen molar-refractivity contribution in [1.82, 2.24) is 0 Å². The van der Waals surface area contributed by atoms with Crippen LogP contribution in [0.1, 0.15) is 41.4 Å². The fraction of sp³-hybridized carbons (Fsp3) is 0.417. The van der Waals surface area contributed by atoms with Crippen LogP contribution in [0.4, 0.5) is 13.2 Å². The van der Waals surface area contributed by atoms with E-state index in [0.29, 0.717) is 12.8 Å². The molecule has 0 N–H and O–H groups in total. The standard InChI is InChI=1S/C12H9F3O/c13-12(14,15)7-1-2-8-9(5-7)6-3-10(8)11(16)4-6/h1-2,5-6,10H,3-4H2. The number of fused-ring (bicyclic) bond motifs is 5. The number of rotatable bonds is 0. The Kier molecular flexibility index (Phi) is 1.77. The second-order valence-electron chi connectivity index (χ2n) is 4.50. The third kappa shape index (κ3) is 1.22. The van der Waals surface area contributed by atoms with Gasteiger partial charge in [0.25, 0.3) is 0 Å². The zero-order valence-corrected chi connectivity index (χ0v) is 8.34. The Bertz CT molecular complexity index is 476. The molecule has 0 aliphatic heterocycles. The molecule has 0 heterocycles. The Labute approximate surface area is 90.3 Å². The summed E-state index contributed by atoms with van der Waals surface area (Å²) in [5, 5.41) is 0. The number of halogens is 3. The van der Waals surface area contributed by atoms with Gasteiger partial charge in [-0.3, -0.25) is 4.79 Å². The topological polar surface area (TPSA) is 17.1 Å². The molecule has 84 valence electrons. The zero-order chi connectivity index (χ0) is 11.5. The van der Waals surface area contributed by atoms with E-state index in [2.05, 4.69) is 0 Å². The molecule has 2 atom stereocenters. The van der Waals surface area contributed by atoms with E-state index in [1.54, 1.807) is 0 Å². The Hall–Kier alpha value is -1.32.